The third-order valence-corrected chi connectivity index (χ3v) is 3.47. The molecule has 7 heteroatoms. The molecule has 21 heavy (non-hydrogen) atoms. The molecule has 2 rings (SSSR count). The smallest absolute Gasteiger partial charge is 0.271 e. The van der Waals surface area contributed by atoms with Crippen molar-refractivity contribution in [3.63, 3.8) is 0 Å². The highest BCUT2D eigenvalue weighted by atomic mass is 35.5. The summed E-state index contributed by atoms with van der Waals surface area (Å²) >= 11 is 17.4. The van der Waals surface area contributed by atoms with E-state index in [1.807, 2.05) is 0 Å². The number of phenolic OH excluding ortho intramolecular Hbond substituents is 1. The fourth-order valence-corrected chi connectivity index (χ4v) is 1.99. The fourth-order valence-electron chi connectivity index (χ4n) is 1.50. The summed E-state index contributed by atoms with van der Waals surface area (Å²) < 4.78 is 0. The number of nitrogens with zero attached hydrogens (tertiary/aromatic N) is 1. The Morgan fingerprint density at radius 3 is 2.33 bits per heavy atom. The van der Waals surface area contributed by atoms with E-state index in [2.05, 4.69) is 10.5 Å². The first-order valence-electron chi connectivity index (χ1n) is 5.75. The first kappa shape index (κ1) is 15.6. The van der Waals surface area contributed by atoms with Gasteiger partial charge in [-0.05, 0) is 36.4 Å². The van der Waals surface area contributed by atoms with Crippen LogP contribution in [0.3, 0.4) is 0 Å². The lowest BCUT2D eigenvalue weighted by Crippen LogP contribution is -2.17. The van der Waals surface area contributed by atoms with Gasteiger partial charge in [-0.15, -0.1) is 0 Å². The number of amides is 1. The van der Waals surface area contributed by atoms with Gasteiger partial charge in [0.1, 0.15) is 5.75 Å². The highest BCUT2D eigenvalue weighted by molar-refractivity contribution is 6.36. The molecule has 0 spiro atoms. The van der Waals surface area contributed by atoms with Crippen molar-refractivity contribution in [2.75, 3.05) is 0 Å². The van der Waals surface area contributed by atoms with E-state index in [-0.39, 0.29) is 21.4 Å². The summed E-state index contributed by atoms with van der Waals surface area (Å²) in [5.41, 5.74) is 2.94. The molecule has 0 bridgehead atoms. The molecule has 0 heterocycles. The second kappa shape index (κ2) is 6.80. The molecule has 0 fully saturated rings. The topological polar surface area (TPSA) is 61.7 Å². The van der Waals surface area contributed by atoms with Gasteiger partial charge in [0.05, 0.1) is 21.8 Å². The van der Waals surface area contributed by atoms with Crippen LogP contribution in [-0.4, -0.2) is 17.2 Å². The first-order chi connectivity index (χ1) is 9.99. The predicted molar refractivity (Wildman–Crippen MR) is 84.6 cm³/mol. The Hall–Kier alpha value is -1.75. The van der Waals surface area contributed by atoms with Crippen LogP contribution in [0.25, 0.3) is 0 Å². The van der Waals surface area contributed by atoms with Gasteiger partial charge in [-0.2, -0.15) is 5.10 Å². The summed E-state index contributed by atoms with van der Waals surface area (Å²) in [6.45, 7) is 0. The van der Waals surface area contributed by atoms with Crippen molar-refractivity contribution in [2.24, 2.45) is 5.10 Å². The minimum Gasteiger partial charge on any atom is -0.506 e. The quantitative estimate of drug-likeness (QED) is 0.650. The van der Waals surface area contributed by atoms with E-state index in [0.29, 0.717) is 10.6 Å². The monoisotopic (exact) mass is 342 g/mol. The van der Waals surface area contributed by atoms with Crippen LogP contribution in [0.5, 0.6) is 5.75 Å². The minimum atomic E-state index is -0.416. The van der Waals surface area contributed by atoms with Gasteiger partial charge < -0.3 is 5.11 Å². The number of carbonyl (C=O) groups is 1. The van der Waals surface area contributed by atoms with Gasteiger partial charge in [0, 0.05) is 10.6 Å². The number of hydrogen-bond donors (Lipinski definition) is 2. The van der Waals surface area contributed by atoms with Crippen LogP contribution in [0.15, 0.2) is 41.5 Å². The largest absolute Gasteiger partial charge is 0.506 e. The maximum Gasteiger partial charge on any atom is 0.271 e. The summed E-state index contributed by atoms with van der Waals surface area (Å²) in [5.74, 6) is -0.616. The van der Waals surface area contributed by atoms with E-state index < -0.39 is 5.91 Å². The molecule has 0 atom stereocenters. The van der Waals surface area contributed by atoms with E-state index >= 15 is 0 Å². The maximum absolute atomic E-state index is 11.8. The maximum atomic E-state index is 11.8. The Kier molecular flexibility index (Phi) is 5.07. The van der Waals surface area contributed by atoms with Crippen LogP contribution >= 0.6 is 34.8 Å². The molecule has 2 aromatic carbocycles. The van der Waals surface area contributed by atoms with Crippen LogP contribution in [0.1, 0.15) is 15.9 Å². The summed E-state index contributed by atoms with van der Waals surface area (Å²) in [6, 6.07) is 9.31. The number of aromatic hydroxyl groups is 1. The summed E-state index contributed by atoms with van der Waals surface area (Å²) in [7, 11) is 0. The molecular weight excluding hydrogens is 335 g/mol. The Morgan fingerprint density at radius 1 is 1.05 bits per heavy atom. The third-order valence-electron chi connectivity index (χ3n) is 2.58. The second-order valence-electron chi connectivity index (χ2n) is 4.00. The van der Waals surface area contributed by atoms with Crippen molar-refractivity contribution in [3.8, 4) is 5.75 Å². The highest BCUT2D eigenvalue weighted by Crippen LogP contribution is 2.31. The lowest BCUT2D eigenvalue weighted by atomic mass is 10.2. The molecule has 0 aliphatic heterocycles. The molecule has 0 aliphatic carbocycles. The van der Waals surface area contributed by atoms with Crippen LogP contribution in [-0.2, 0) is 0 Å². The van der Waals surface area contributed by atoms with E-state index in [4.69, 9.17) is 34.8 Å². The number of rotatable bonds is 3. The predicted octanol–water partition coefficient (Wildman–Crippen LogP) is 4.12. The van der Waals surface area contributed by atoms with Gasteiger partial charge in [0.15, 0.2) is 0 Å². The van der Waals surface area contributed by atoms with Crippen molar-refractivity contribution in [1.82, 2.24) is 5.43 Å². The van der Waals surface area contributed by atoms with Crippen molar-refractivity contribution in [3.05, 3.63) is 62.6 Å². The summed E-state index contributed by atoms with van der Waals surface area (Å²) in [5, 5.41) is 14.4. The van der Waals surface area contributed by atoms with Gasteiger partial charge >= 0.3 is 0 Å². The average Bonchev–Trinajstić information content (AvgIpc) is 2.47. The van der Waals surface area contributed by atoms with E-state index in [1.165, 1.54) is 18.3 Å². The van der Waals surface area contributed by atoms with Crippen molar-refractivity contribution in [1.29, 1.82) is 0 Å². The molecule has 1 amide bonds. The fraction of sp³-hybridized carbons (Fsp3) is 0. The van der Waals surface area contributed by atoms with Crippen molar-refractivity contribution < 1.29 is 9.90 Å². The van der Waals surface area contributed by atoms with Gasteiger partial charge in [0.2, 0.25) is 0 Å². The number of nitrogens with one attached hydrogen (secondary N) is 1. The van der Waals surface area contributed by atoms with E-state index in [1.54, 1.807) is 24.3 Å². The molecule has 108 valence electrons. The standard InChI is InChI=1S/C14H9Cl3N2O2/c15-9-3-1-8(2-4-9)14(21)19-18-7-10-11(16)5-6-12(17)13(10)20/h1-7,20H,(H,19,21). The molecule has 2 aromatic rings. The molecule has 0 aromatic heterocycles. The highest BCUT2D eigenvalue weighted by Gasteiger charge is 2.09. The van der Waals surface area contributed by atoms with Gasteiger partial charge in [-0.3, -0.25) is 4.79 Å². The average molecular weight is 344 g/mol. The molecule has 0 saturated heterocycles. The lowest BCUT2D eigenvalue weighted by molar-refractivity contribution is 0.0955. The van der Waals surface area contributed by atoms with Crippen molar-refractivity contribution >= 4 is 46.9 Å². The lowest BCUT2D eigenvalue weighted by Gasteiger charge is -2.04. The Bertz CT molecular complexity index is 700. The normalized spacial score (nSPS) is 10.8. The summed E-state index contributed by atoms with van der Waals surface area (Å²) in [4.78, 5) is 11.8. The molecule has 0 aliphatic rings. The second-order valence-corrected chi connectivity index (χ2v) is 5.25. The molecular formula is C14H9Cl3N2O2. The van der Waals surface area contributed by atoms with Gasteiger partial charge in [-0.25, -0.2) is 5.43 Å². The van der Waals surface area contributed by atoms with E-state index in [0.717, 1.165) is 0 Å². The van der Waals surface area contributed by atoms with Gasteiger partial charge in [-0.1, -0.05) is 34.8 Å². The van der Waals surface area contributed by atoms with Crippen LogP contribution in [0, 0.1) is 0 Å². The van der Waals surface area contributed by atoms with Crippen LogP contribution in [0.2, 0.25) is 15.1 Å². The molecule has 2 N–H and O–H groups in total. The van der Waals surface area contributed by atoms with Crippen molar-refractivity contribution in [2.45, 2.75) is 0 Å². The van der Waals surface area contributed by atoms with Gasteiger partial charge in [0.25, 0.3) is 5.91 Å². The molecule has 4 nitrogen and oxygen atoms in total. The van der Waals surface area contributed by atoms with E-state index in [9.17, 15) is 9.90 Å². The molecule has 0 saturated carbocycles. The summed E-state index contributed by atoms with van der Waals surface area (Å²) in [6.07, 6.45) is 1.22. The first-order valence-corrected chi connectivity index (χ1v) is 6.88. The number of carbonyl (C=O) groups excluding carboxylic acids is 1. The zero-order chi connectivity index (χ0) is 15.4. The third kappa shape index (κ3) is 3.88. The number of phenols is 1. The number of halogens is 3. The Morgan fingerprint density at radius 2 is 1.67 bits per heavy atom. The molecule has 0 radical (unpaired) electrons. The Labute approximate surface area is 135 Å². The van der Waals surface area contributed by atoms with Crippen LogP contribution < -0.4 is 5.43 Å². The Balaban J connectivity index is 2.11. The minimum absolute atomic E-state index is 0.143. The number of hydrogen-bond acceptors (Lipinski definition) is 3. The zero-order valence-electron chi connectivity index (χ0n) is 10.5. The molecule has 0 unspecified atom stereocenters. The van der Waals surface area contributed by atoms with Crippen LogP contribution in [0.4, 0.5) is 0 Å². The SMILES string of the molecule is O=C(NN=Cc1c(Cl)ccc(Cl)c1O)c1ccc(Cl)cc1. The number of benzene rings is 2. The zero-order valence-corrected chi connectivity index (χ0v) is 12.7. The number of hydrazone groups is 1.